The molecule has 0 aromatic heterocycles. The fourth-order valence-electron chi connectivity index (χ4n) is 0.963. The fourth-order valence-corrected chi connectivity index (χ4v) is 1.94. The molecule has 3 nitrogen and oxygen atoms in total. The van der Waals surface area contributed by atoms with E-state index in [9.17, 15) is 8.42 Å². The maximum atomic E-state index is 10.5. The van der Waals surface area contributed by atoms with Crippen molar-refractivity contribution in [1.82, 2.24) is 0 Å². The van der Waals surface area contributed by atoms with E-state index in [1.54, 1.807) is 12.1 Å². The molecule has 0 fully saturated rings. The molecule has 0 heterocycles. The van der Waals surface area contributed by atoms with Crippen LogP contribution in [0.25, 0.3) is 0 Å². The second-order valence-corrected chi connectivity index (χ2v) is 5.19. The van der Waals surface area contributed by atoms with E-state index >= 15 is 0 Å². The number of halogens is 2. The second-order valence-electron chi connectivity index (χ2n) is 2.77. The summed E-state index contributed by atoms with van der Waals surface area (Å²) in [6.07, 6.45) is 0.175. The zero-order valence-corrected chi connectivity index (χ0v) is 9.40. The summed E-state index contributed by atoms with van der Waals surface area (Å²) in [5, 5.41) is 0.895. The first-order valence-corrected chi connectivity index (χ1v) is 6.14. The third-order valence-electron chi connectivity index (χ3n) is 1.64. The van der Waals surface area contributed by atoms with Gasteiger partial charge in [-0.25, -0.2) is 0 Å². The summed E-state index contributed by atoms with van der Waals surface area (Å²) in [5.41, 5.74) is 0.647. The van der Waals surface area contributed by atoms with Gasteiger partial charge in [0.2, 0.25) is 0 Å². The van der Waals surface area contributed by atoms with Crippen LogP contribution in [0.5, 0.6) is 0 Å². The van der Waals surface area contributed by atoms with Crippen molar-refractivity contribution >= 4 is 62.9 Å². The Morgan fingerprint density at radius 2 is 1.87 bits per heavy atom. The molecular formula is C8H9Cl2NaO3S. The van der Waals surface area contributed by atoms with E-state index in [4.69, 9.17) is 27.8 Å². The van der Waals surface area contributed by atoms with Crippen molar-refractivity contribution < 1.29 is 13.0 Å². The monoisotopic (exact) mass is 278 g/mol. The molecule has 1 aromatic carbocycles. The topological polar surface area (TPSA) is 54.4 Å². The van der Waals surface area contributed by atoms with Crippen molar-refractivity contribution in [3.8, 4) is 0 Å². The molecule has 0 saturated carbocycles. The summed E-state index contributed by atoms with van der Waals surface area (Å²) in [4.78, 5) is 0. The van der Waals surface area contributed by atoms with Gasteiger partial charge in [-0.1, -0.05) is 29.3 Å². The third kappa shape index (κ3) is 6.12. The Morgan fingerprint density at radius 1 is 1.27 bits per heavy atom. The Kier molecular flexibility index (Phi) is 6.75. The molecule has 0 amide bonds. The van der Waals surface area contributed by atoms with Crippen molar-refractivity contribution in [3.63, 3.8) is 0 Å². The molecule has 80 valence electrons. The number of hydrogen-bond acceptors (Lipinski definition) is 2. The summed E-state index contributed by atoms with van der Waals surface area (Å²) < 4.78 is 29.5. The Hall–Kier alpha value is 0.710. The summed E-state index contributed by atoms with van der Waals surface area (Å²) in [6.45, 7) is 0. The van der Waals surface area contributed by atoms with Crippen LogP contribution in [-0.4, -0.2) is 48.3 Å². The standard InChI is InChI=1S/C8H8Cl2O3S.Na.H/c9-7-2-1-6(8(10)5-7)3-4-14(11,12)13;;/h1-2,5H,3-4H2,(H,11,12,13);;. The van der Waals surface area contributed by atoms with Crippen LogP contribution in [0.2, 0.25) is 10.0 Å². The van der Waals surface area contributed by atoms with Crippen molar-refractivity contribution in [2.24, 2.45) is 0 Å². The van der Waals surface area contributed by atoms with Crippen LogP contribution in [0.1, 0.15) is 5.56 Å². The molecule has 15 heavy (non-hydrogen) atoms. The molecule has 0 spiro atoms. The Labute approximate surface area is 121 Å². The van der Waals surface area contributed by atoms with E-state index in [1.165, 1.54) is 6.07 Å². The molecule has 0 atom stereocenters. The summed E-state index contributed by atoms with van der Waals surface area (Å²) in [6, 6.07) is 4.78. The van der Waals surface area contributed by atoms with Gasteiger partial charge in [-0.05, 0) is 24.1 Å². The van der Waals surface area contributed by atoms with E-state index < -0.39 is 10.1 Å². The second kappa shape index (κ2) is 6.45. The minimum atomic E-state index is -3.94. The van der Waals surface area contributed by atoms with Crippen molar-refractivity contribution in [1.29, 1.82) is 0 Å². The van der Waals surface area contributed by atoms with Crippen molar-refractivity contribution in [3.05, 3.63) is 33.8 Å². The van der Waals surface area contributed by atoms with Gasteiger partial charge >= 0.3 is 29.6 Å². The molecule has 1 aromatic rings. The summed E-state index contributed by atoms with van der Waals surface area (Å²) in [5.74, 6) is -0.339. The molecule has 0 aliphatic carbocycles. The predicted octanol–water partition coefficient (Wildman–Crippen LogP) is 1.78. The molecule has 7 heteroatoms. The zero-order chi connectivity index (χ0) is 10.8. The molecule has 0 saturated heterocycles. The van der Waals surface area contributed by atoms with E-state index in [-0.39, 0.29) is 41.7 Å². The summed E-state index contributed by atoms with van der Waals surface area (Å²) in [7, 11) is -3.94. The van der Waals surface area contributed by atoms with Crippen LogP contribution < -0.4 is 0 Å². The van der Waals surface area contributed by atoms with Crippen LogP contribution in [-0.2, 0) is 16.5 Å². The first-order valence-electron chi connectivity index (χ1n) is 3.77. The first kappa shape index (κ1) is 15.7. The van der Waals surface area contributed by atoms with Gasteiger partial charge in [0.25, 0.3) is 10.1 Å². The van der Waals surface area contributed by atoms with Crippen molar-refractivity contribution in [2.45, 2.75) is 6.42 Å². The van der Waals surface area contributed by atoms with Gasteiger partial charge in [-0.15, -0.1) is 0 Å². The van der Waals surface area contributed by atoms with Crippen molar-refractivity contribution in [2.75, 3.05) is 5.75 Å². The SMILES string of the molecule is O=S(=O)(O)CCc1ccc(Cl)cc1Cl.[NaH]. The maximum absolute atomic E-state index is 10.5. The molecule has 0 aliphatic rings. The third-order valence-corrected chi connectivity index (χ3v) is 2.95. The summed E-state index contributed by atoms with van der Waals surface area (Å²) >= 11 is 11.5. The quantitative estimate of drug-likeness (QED) is 0.677. The molecule has 0 aliphatic heterocycles. The molecular weight excluding hydrogens is 270 g/mol. The number of aryl methyl sites for hydroxylation is 1. The van der Waals surface area contributed by atoms with Gasteiger partial charge in [0.05, 0.1) is 5.75 Å². The molecule has 0 unspecified atom stereocenters. The molecule has 0 bridgehead atoms. The van der Waals surface area contributed by atoms with E-state index in [2.05, 4.69) is 0 Å². The average Bonchev–Trinajstić information content (AvgIpc) is 2.00. The van der Waals surface area contributed by atoms with Gasteiger partial charge in [-0.2, -0.15) is 8.42 Å². The zero-order valence-electron chi connectivity index (χ0n) is 7.07. The van der Waals surface area contributed by atoms with Gasteiger partial charge in [0.1, 0.15) is 0 Å². The van der Waals surface area contributed by atoms with Crippen LogP contribution in [0, 0.1) is 0 Å². The Morgan fingerprint density at radius 3 is 2.33 bits per heavy atom. The predicted molar refractivity (Wildman–Crippen MR) is 63.7 cm³/mol. The average molecular weight is 279 g/mol. The molecule has 1 rings (SSSR count). The minimum absolute atomic E-state index is 0. The van der Waals surface area contributed by atoms with Gasteiger partial charge < -0.3 is 0 Å². The van der Waals surface area contributed by atoms with E-state index in [1.807, 2.05) is 0 Å². The van der Waals surface area contributed by atoms with Gasteiger partial charge in [-0.3, -0.25) is 4.55 Å². The fraction of sp³-hybridized carbons (Fsp3) is 0.250. The number of hydrogen-bond donors (Lipinski definition) is 1. The Balaban J connectivity index is 0.00000196. The van der Waals surface area contributed by atoms with Gasteiger partial charge in [0, 0.05) is 10.0 Å². The van der Waals surface area contributed by atoms with E-state index in [0.717, 1.165) is 0 Å². The van der Waals surface area contributed by atoms with Crippen LogP contribution >= 0.6 is 23.2 Å². The molecule has 1 N–H and O–H groups in total. The van der Waals surface area contributed by atoms with Crippen LogP contribution in [0.4, 0.5) is 0 Å². The molecule has 0 radical (unpaired) electrons. The normalized spacial score (nSPS) is 10.9. The van der Waals surface area contributed by atoms with Gasteiger partial charge in [0.15, 0.2) is 0 Å². The van der Waals surface area contributed by atoms with Crippen LogP contribution in [0.15, 0.2) is 18.2 Å². The Bertz CT molecular complexity index is 434. The number of benzene rings is 1. The number of rotatable bonds is 3. The van der Waals surface area contributed by atoms with E-state index in [0.29, 0.717) is 15.6 Å². The van der Waals surface area contributed by atoms with Crippen LogP contribution in [0.3, 0.4) is 0 Å². The first-order chi connectivity index (χ1) is 6.38.